The number of anilines is 2. The molecule has 0 spiro atoms. The van der Waals surface area contributed by atoms with E-state index in [1.807, 2.05) is 47.6 Å². The van der Waals surface area contributed by atoms with Gasteiger partial charge in [-0.05, 0) is 66.4 Å². The van der Waals surface area contributed by atoms with E-state index in [1.165, 1.54) is 4.57 Å². The van der Waals surface area contributed by atoms with Crippen LogP contribution >= 0.6 is 0 Å². The predicted octanol–water partition coefficient (Wildman–Crippen LogP) is 5.38. The molecule has 1 aliphatic rings. The molecule has 2 aromatic heterocycles. The Hall–Kier alpha value is -2.97. The van der Waals surface area contributed by atoms with Crippen molar-refractivity contribution in [3.8, 4) is 0 Å². The molecule has 1 saturated heterocycles. The number of aromatic nitrogens is 2. The summed E-state index contributed by atoms with van der Waals surface area (Å²) in [6.07, 6.45) is 4.42. The minimum atomic E-state index is -0.621. The number of nitrogens with one attached hydrogen (secondary N) is 2. The van der Waals surface area contributed by atoms with Crippen LogP contribution in [-0.2, 0) is 9.47 Å². The van der Waals surface area contributed by atoms with Gasteiger partial charge in [0.1, 0.15) is 11.2 Å². The number of rotatable bonds is 5. The minimum Gasteiger partial charge on any atom is -0.444 e. The third kappa shape index (κ3) is 7.26. The number of hydrogen-bond donors (Lipinski definition) is 2. The number of piperidine rings is 1. The summed E-state index contributed by atoms with van der Waals surface area (Å²) >= 11 is 0. The zero-order valence-electron chi connectivity index (χ0n) is 22.4. The van der Waals surface area contributed by atoms with Crippen LogP contribution in [0.2, 0.25) is 0 Å². The molecule has 1 fully saturated rings. The molecule has 3 rings (SSSR count). The molecule has 0 aromatic carbocycles. The zero-order valence-corrected chi connectivity index (χ0v) is 22.4. The van der Waals surface area contributed by atoms with Gasteiger partial charge in [-0.3, -0.25) is 0 Å². The van der Waals surface area contributed by atoms with Crippen LogP contribution in [0.3, 0.4) is 0 Å². The Kier molecular flexibility index (Phi) is 7.87. The number of alkyl carbamates (subject to hydrolysis) is 1. The second-order valence-corrected chi connectivity index (χ2v) is 11.6. The average molecular weight is 488 g/mol. The number of carbonyl (C=O) groups is 2. The second-order valence-electron chi connectivity index (χ2n) is 11.6. The molecule has 0 bridgehead atoms. The summed E-state index contributed by atoms with van der Waals surface area (Å²) in [6.45, 7) is 17.6. The summed E-state index contributed by atoms with van der Waals surface area (Å²) in [4.78, 5) is 32.1. The van der Waals surface area contributed by atoms with E-state index in [0.717, 1.165) is 42.7 Å². The van der Waals surface area contributed by atoms with E-state index in [1.54, 1.807) is 12.4 Å². The highest BCUT2D eigenvalue weighted by molar-refractivity contribution is 6.04. The van der Waals surface area contributed by atoms with E-state index in [0.29, 0.717) is 18.1 Å². The maximum atomic E-state index is 13.0. The molecule has 1 atom stereocenters. The van der Waals surface area contributed by atoms with E-state index in [4.69, 9.17) is 9.47 Å². The van der Waals surface area contributed by atoms with Gasteiger partial charge in [-0.2, -0.15) is 0 Å². The summed E-state index contributed by atoms with van der Waals surface area (Å²) in [7, 11) is 0. The fourth-order valence-electron chi connectivity index (χ4n) is 4.09. The Labute approximate surface area is 208 Å². The molecule has 1 unspecified atom stereocenters. The van der Waals surface area contributed by atoms with Crippen molar-refractivity contribution in [2.45, 2.75) is 85.5 Å². The van der Waals surface area contributed by atoms with Crippen LogP contribution in [0.25, 0.3) is 11.0 Å². The van der Waals surface area contributed by atoms with Gasteiger partial charge >= 0.3 is 12.2 Å². The highest BCUT2D eigenvalue weighted by Gasteiger charge is 2.28. The summed E-state index contributed by atoms with van der Waals surface area (Å²) in [5.74, 6) is 0.424. The van der Waals surface area contributed by atoms with Gasteiger partial charge in [0.2, 0.25) is 0 Å². The first-order valence-electron chi connectivity index (χ1n) is 12.5. The van der Waals surface area contributed by atoms with Crippen molar-refractivity contribution < 1.29 is 19.1 Å². The van der Waals surface area contributed by atoms with Gasteiger partial charge < -0.3 is 25.0 Å². The Morgan fingerprint density at radius 2 is 1.83 bits per heavy atom. The van der Waals surface area contributed by atoms with Crippen LogP contribution in [0.1, 0.15) is 68.2 Å². The van der Waals surface area contributed by atoms with Crippen molar-refractivity contribution >= 4 is 34.6 Å². The average Bonchev–Trinajstić information content (AvgIpc) is 3.09. The molecular formula is C26H41N5O4. The lowest BCUT2D eigenvalue weighted by Crippen LogP contribution is -2.49. The Morgan fingerprint density at radius 1 is 1.14 bits per heavy atom. The molecule has 35 heavy (non-hydrogen) atoms. The quantitative estimate of drug-likeness (QED) is 0.584. The van der Waals surface area contributed by atoms with Crippen molar-refractivity contribution in [1.29, 1.82) is 0 Å². The monoisotopic (exact) mass is 487 g/mol. The first-order valence-corrected chi connectivity index (χ1v) is 12.5. The van der Waals surface area contributed by atoms with Crippen LogP contribution in [0, 0.1) is 5.92 Å². The molecule has 2 N–H and O–H groups in total. The zero-order chi connectivity index (χ0) is 26.0. The standard InChI is InChI=1S/C26H41N5O4/c1-17(2)14-28-19-16-31(24(33)35-26(6,7)8)22-21(19)20(11-12-27-22)30-13-9-10-18(15-30)29-23(32)34-25(3,4)5/h11-12,16-18,28H,9-10,13-15H2,1-8H3,(H,29,32). The van der Waals surface area contributed by atoms with E-state index >= 15 is 0 Å². The van der Waals surface area contributed by atoms with Crippen molar-refractivity contribution in [3.63, 3.8) is 0 Å². The maximum absolute atomic E-state index is 13.0. The van der Waals surface area contributed by atoms with Crippen LogP contribution in [0.5, 0.6) is 0 Å². The summed E-state index contributed by atoms with van der Waals surface area (Å²) in [6, 6.07) is 1.93. The number of hydrogen-bond acceptors (Lipinski definition) is 7. The highest BCUT2D eigenvalue weighted by Crippen LogP contribution is 2.35. The molecule has 2 aromatic rings. The van der Waals surface area contributed by atoms with Crippen LogP contribution < -0.4 is 15.5 Å². The molecule has 1 aliphatic heterocycles. The molecule has 0 aliphatic carbocycles. The van der Waals surface area contributed by atoms with Gasteiger partial charge in [0.15, 0.2) is 5.65 Å². The molecule has 0 radical (unpaired) electrons. The number of pyridine rings is 1. The van der Waals surface area contributed by atoms with Gasteiger partial charge in [0.25, 0.3) is 0 Å². The molecule has 0 saturated carbocycles. The Bertz CT molecular complexity index is 1050. The normalized spacial score (nSPS) is 16.9. The van der Waals surface area contributed by atoms with Crippen LogP contribution in [0.15, 0.2) is 18.5 Å². The fraction of sp³-hybridized carbons (Fsp3) is 0.654. The van der Waals surface area contributed by atoms with Crippen molar-refractivity contribution in [2.75, 3.05) is 29.9 Å². The number of carbonyl (C=O) groups excluding carboxylic acids is 2. The second kappa shape index (κ2) is 10.3. The fourth-order valence-corrected chi connectivity index (χ4v) is 4.09. The molecule has 9 heteroatoms. The van der Waals surface area contributed by atoms with Gasteiger partial charge in [0, 0.05) is 38.1 Å². The van der Waals surface area contributed by atoms with Crippen molar-refractivity contribution in [1.82, 2.24) is 14.9 Å². The smallest absolute Gasteiger partial charge is 0.420 e. The summed E-state index contributed by atoms with van der Waals surface area (Å²) < 4.78 is 12.6. The lowest BCUT2D eigenvalue weighted by Gasteiger charge is -2.35. The SMILES string of the molecule is CC(C)CNc1cn(C(=O)OC(C)(C)C)c2nccc(N3CCCC(NC(=O)OC(C)(C)C)C3)c12. The first kappa shape index (κ1) is 26.6. The maximum Gasteiger partial charge on any atom is 0.420 e. The lowest BCUT2D eigenvalue weighted by molar-refractivity contribution is 0.0497. The Balaban J connectivity index is 1.94. The van der Waals surface area contributed by atoms with Crippen molar-refractivity contribution in [3.05, 3.63) is 18.5 Å². The summed E-state index contributed by atoms with van der Waals surface area (Å²) in [5.41, 5.74) is 1.19. The molecule has 1 amide bonds. The van der Waals surface area contributed by atoms with Crippen molar-refractivity contribution in [2.24, 2.45) is 5.92 Å². The third-order valence-electron chi connectivity index (χ3n) is 5.44. The third-order valence-corrected chi connectivity index (χ3v) is 5.44. The number of ether oxygens (including phenoxy) is 2. The minimum absolute atomic E-state index is 0.0400. The topological polar surface area (TPSA) is 97.7 Å². The van der Waals surface area contributed by atoms with Crippen LogP contribution in [-0.4, -0.2) is 58.6 Å². The van der Waals surface area contributed by atoms with E-state index < -0.39 is 23.4 Å². The van der Waals surface area contributed by atoms with Gasteiger partial charge in [-0.25, -0.2) is 19.1 Å². The molecule has 3 heterocycles. The number of nitrogens with zero attached hydrogens (tertiary/aromatic N) is 3. The Morgan fingerprint density at radius 3 is 2.46 bits per heavy atom. The van der Waals surface area contributed by atoms with E-state index in [2.05, 4.69) is 34.4 Å². The molecule has 9 nitrogen and oxygen atoms in total. The summed E-state index contributed by atoms with van der Waals surface area (Å²) in [5, 5.41) is 7.37. The highest BCUT2D eigenvalue weighted by atomic mass is 16.6. The predicted molar refractivity (Wildman–Crippen MR) is 139 cm³/mol. The van der Waals surface area contributed by atoms with E-state index in [-0.39, 0.29) is 6.04 Å². The van der Waals surface area contributed by atoms with Crippen LogP contribution in [0.4, 0.5) is 21.0 Å². The molecular weight excluding hydrogens is 446 g/mol. The molecule has 194 valence electrons. The van der Waals surface area contributed by atoms with Gasteiger partial charge in [-0.1, -0.05) is 13.8 Å². The van der Waals surface area contributed by atoms with Gasteiger partial charge in [-0.15, -0.1) is 0 Å². The number of fused-ring (bicyclic) bond motifs is 1. The number of amides is 1. The lowest BCUT2D eigenvalue weighted by atomic mass is 10.0. The largest absolute Gasteiger partial charge is 0.444 e. The van der Waals surface area contributed by atoms with Gasteiger partial charge in [0.05, 0.1) is 16.8 Å². The first-order chi connectivity index (χ1) is 16.2. The van der Waals surface area contributed by atoms with E-state index in [9.17, 15) is 9.59 Å².